The van der Waals surface area contributed by atoms with Gasteiger partial charge in [0, 0.05) is 17.9 Å². The fraction of sp³-hybridized carbons (Fsp3) is 0.0667. The molecule has 0 unspecified atom stereocenters. The van der Waals surface area contributed by atoms with Crippen LogP contribution in [0.15, 0.2) is 52.3 Å². The lowest BCUT2D eigenvalue weighted by molar-refractivity contribution is 1.11. The van der Waals surface area contributed by atoms with Gasteiger partial charge >= 0.3 is 0 Å². The zero-order valence-electron chi connectivity index (χ0n) is 10.3. The van der Waals surface area contributed by atoms with Crippen LogP contribution in [0.5, 0.6) is 0 Å². The van der Waals surface area contributed by atoms with E-state index >= 15 is 0 Å². The summed E-state index contributed by atoms with van der Waals surface area (Å²) in [5.41, 5.74) is 2.12. The molecule has 0 amide bonds. The zero-order valence-corrected chi connectivity index (χ0v) is 10.3. The molecule has 4 aromatic heterocycles. The first kappa shape index (κ1) is 10.3. The van der Waals surface area contributed by atoms with Crippen molar-refractivity contribution < 1.29 is 0 Å². The summed E-state index contributed by atoms with van der Waals surface area (Å²) in [6, 6.07) is 9.10. The van der Waals surface area contributed by atoms with Crippen LogP contribution in [0.25, 0.3) is 21.8 Å². The summed E-state index contributed by atoms with van der Waals surface area (Å²) in [5, 5.41) is 0.998. The summed E-state index contributed by atoms with van der Waals surface area (Å²) >= 11 is 0. The summed E-state index contributed by atoms with van der Waals surface area (Å²) in [7, 11) is 0. The maximum atomic E-state index is 12.5. The van der Waals surface area contributed by atoms with E-state index in [2.05, 4.69) is 0 Å². The molecular weight excluding hydrogens is 240 g/mol. The lowest BCUT2D eigenvalue weighted by Crippen LogP contribution is -2.20. The Hall–Kier alpha value is -2.62. The van der Waals surface area contributed by atoms with Gasteiger partial charge in [0.1, 0.15) is 0 Å². The van der Waals surface area contributed by atoms with Crippen LogP contribution in [-0.2, 0) is 0 Å². The van der Waals surface area contributed by atoms with Crippen molar-refractivity contribution >= 4 is 21.8 Å². The van der Waals surface area contributed by atoms with Gasteiger partial charge in [0.2, 0.25) is 0 Å². The largest absolute Gasteiger partial charge is 0.284 e. The topological polar surface area (TPSA) is 43.0 Å². The average molecular weight is 250 g/mol. The molecule has 0 aliphatic heterocycles. The van der Waals surface area contributed by atoms with Gasteiger partial charge in [-0.1, -0.05) is 0 Å². The Kier molecular flexibility index (Phi) is 1.75. The third kappa shape index (κ3) is 1.13. The Morgan fingerprint density at radius 1 is 0.947 bits per heavy atom. The van der Waals surface area contributed by atoms with Crippen molar-refractivity contribution in [3.05, 3.63) is 69.0 Å². The Bertz CT molecular complexity index is 1060. The number of pyridine rings is 2. The molecule has 0 radical (unpaired) electrons. The molecule has 0 N–H and O–H groups in total. The minimum Gasteiger partial charge on any atom is -0.284 e. The van der Waals surface area contributed by atoms with E-state index in [0.717, 1.165) is 16.6 Å². The van der Waals surface area contributed by atoms with Crippen molar-refractivity contribution in [3.8, 4) is 0 Å². The van der Waals surface area contributed by atoms with Gasteiger partial charge in [-0.2, -0.15) is 0 Å². The van der Waals surface area contributed by atoms with Crippen LogP contribution in [0.3, 0.4) is 0 Å². The Labute approximate surface area is 107 Å². The van der Waals surface area contributed by atoms with Gasteiger partial charge in [-0.15, -0.1) is 0 Å². The second kappa shape index (κ2) is 3.23. The lowest BCUT2D eigenvalue weighted by Gasteiger charge is -2.05. The molecule has 4 heterocycles. The molecule has 4 heteroatoms. The number of nitrogens with zero attached hydrogens (tertiary/aromatic N) is 2. The van der Waals surface area contributed by atoms with E-state index < -0.39 is 0 Å². The molecule has 4 rings (SSSR count). The third-order valence-electron chi connectivity index (χ3n) is 3.73. The summed E-state index contributed by atoms with van der Waals surface area (Å²) < 4.78 is 3.17. The molecular formula is C15H10N2O2. The highest BCUT2D eigenvalue weighted by Gasteiger charge is 2.13. The highest BCUT2D eigenvalue weighted by molar-refractivity contribution is 5.91. The van der Waals surface area contributed by atoms with Crippen LogP contribution < -0.4 is 11.1 Å². The van der Waals surface area contributed by atoms with E-state index in [-0.39, 0.29) is 11.1 Å². The first-order chi connectivity index (χ1) is 9.18. The van der Waals surface area contributed by atoms with Gasteiger partial charge in [0.25, 0.3) is 11.1 Å². The number of hydrogen-bond acceptors (Lipinski definition) is 2. The lowest BCUT2D eigenvalue weighted by atomic mass is 10.1. The minimum absolute atomic E-state index is 0.129. The molecule has 0 fully saturated rings. The normalized spacial score (nSPS) is 11.8. The third-order valence-corrected chi connectivity index (χ3v) is 3.73. The van der Waals surface area contributed by atoms with Gasteiger partial charge in [0.15, 0.2) is 0 Å². The maximum absolute atomic E-state index is 12.5. The molecule has 4 nitrogen and oxygen atoms in total. The van der Waals surface area contributed by atoms with Crippen LogP contribution in [0, 0.1) is 6.92 Å². The second-order valence-electron chi connectivity index (χ2n) is 4.73. The van der Waals surface area contributed by atoms with E-state index in [1.54, 1.807) is 27.3 Å². The molecule has 0 saturated heterocycles. The predicted octanol–water partition coefficient (Wildman–Crippen LogP) is 1.81. The van der Waals surface area contributed by atoms with Crippen LogP contribution in [0.4, 0.5) is 0 Å². The first-order valence-electron chi connectivity index (χ1n) is 6.06. The Morgan fingerprint density at radius 3 is 2.53 bits per heavy atom. The number of fused-ring (bicyclic) bond motifs is 3. The Morgan fingerprint density at radius 2 is 1.68 bits per heavy atom. The molecule has 0 bridgehead atoms. The molecule has 0 aromatic carbocycles. The van der Waals surface area contributed by atoms with Crippen molar-refractivity contribution in [1.29, 1.82) is 0 Å². The number of aromatic nitrogens is 2. The molecule has 19 heavy (non-hydrogen) atoms. The fourth-order valence-corrected chi connectivity index (χ4v) is 2.80. The van der Waals surface area contributed by atoms with Crippen LogP contribution in [-0.4, -0.2) is 8.80 Å². The fourth-order valence-electron chi connectivity index (χ4n) is 2.80. The van der Waals surface area contributed by atoms with Gasteiger partial charge in [-0.05, 0) is 42.8 Å². The highest BCUT2D eigenvalue weighted by Crippen LogP contribution is 2.18. The highest BCUT2D eigenvalue weighted by atomic mass is 16.1. The van der Waals surface area contributed by atoms with Crippen molar-refractivity contribution in [2.24, 2.45) is 0 Å². The molecule has 0 atom stereocenters. The van der Waals surface area contributed by atoms with Crippen LogP contribution >= 0.6 is 0 Å². The molecule has 0 spiro atoms. The monoisotopic (exact) mass is 250 g/mol. The summed E-state index contributed by atoms with van der Waals surface area (Å²) in [5.74, 6) is 0. The van der Waals surface area contributed by atoms with Gasteiger partial charge in [-0.25, -0.2) is 0 Å². The standard InChI is InChI=1S/C15H10N2O2/c1-9-12-5-3-7-17(12)14(18)11-8-10-4-2-6-16(10)15(19)13(9)11/h2-8H,1H3. The second-order valence-corrected chi connectivity index (χ2v) is 4.73. The molecule has 4 aromatic rings. The minimum atomic E-state index is -0.138. The summed E-state index contributed by atoms with van der Waals surface area (Å²) in [6.45, 7) is 1.88. The quantitative estimate of drug-likeness (QED) is 0.477. The number of hydrogen-bond donors (Lipinski definition) is 0. The molecule has 0 saturated carbocycles. The van der Waals surface area contributed by atoms with Crippen LogP contribution in [0.2, 0.25) is 0 Å². The van der Waals surface area contributed by atoms with Crippen molar-refractivity contribution in [3.63, 3.8) is 0 Å². The van der Waals surface area contributed by atoms with E-state index in [1.165, 1.54) is 0 Å². The number of aryl methyl sites for hydroxylation is 1. The average Bonchev–Trinajstić information content (AvgIpc) is 3.04. The van der Waals surface area contributed by atoms with Gasteiger partial charge < -0.3 is 0 Å². The zero-order chi connectivity index (χ0) is 13.1. The summed E-state index contributed by atoms with van der Waals surface area (Å²) in [6.07, 6.45) is 3.46. The van der Waals surface area contributed by atoms with E-state index in [0.29, 0.717) is 10.8 Å². The smallest absolute Gasteiger partial charge is 0.263 e. The van der Waals surface area contributed by atoms with E-state index in [9.17, 15) is 9.59 Å². The Balaban J connectivity index is 2.49. The summed E-state index contributed by atoms with van der Waals surface area (Å²) in [4.78, 5) is 24.9. The van der Waals surface area contributed by atoms with Crippen molar-refractivity contribution in [1.82, 2.24) is 8.80 Å². The van der Waals surface area contributed by atoms with E-state index in [1.807, 2.05) is 31.2 Å². The molecule has 92 valence electrons. The molecule has 0 aliphatic carbocycles. The van der Waals surface area contributed by atoms with Gasteiger partial charge in [0.05, 0.1) is 16.3 Å². The van der Waals surface area contributed by atoms with Crippen LogP contribution in [0.1, 0.15) is 5.56 Å². The SMILES string of the molecule is Cc1c2c(=O)n3cccc3cc2c(=O)n2cccc12. The number of rotatable bonds is 0. The van der Waals surface area contributed by atoms with Gasteiger partial charge in [-0.3, -0.25) is 18.4 Å². The van der Waals surface area contributed by atoms with Crippen molar-refractivity contribution in [2.75, 3.05) is 0 Å². The van der Waals surface area contributed by atoms with E-state index in [4.69, 9.17) is 0 Å². The predicted molar refractivity (Wildman–Crippen MR) is 74.3 cm³/mol. The first-order valence-corrected chi connectivity index (χ1v) is 6.06. The molecule has 0 aliphatic rings. The van der Waals surface area contributed by atoms with Crippen molar-refractivity contribution in [2.45, 2.75) is 6.92 Å². The maximum Gasteiger partial charge on any atom is 0.263 e.